The van der Waals surface area contributed by atoms with Crippen molar-refractivity contribution in [3.05, 3.63) is 66.2 Å². The minimum atomic E-state index is -0.797. The fourth-order valence-electron chi connectivity index (χ4n) is 3.02. The molecule has 0 radical (unpaired) electrons. The van der Waals surface area contributed by atoms with E-state index in [1.165, 1.54) is 6.07 Å². The SMILES string of the molecule is COc1cc(-n2ccc(NC(=O)C3(c4ccccc4F)CC3)n2)ccn1. The van der Waals surface area contributed by atoms with Crippen LogP contribution in [0, 0.1) is 5.82 Å². The first-order valence-electron chi connectivity index (χ1n) is 8.25. The highest BCUT2D eigenvalue weighted by Crippen LogP contribution is 2.49. The Morgan fingerprint density at radius 1 is 1.27 bits per heavy atom. The summed E-state index contributed by atoms with van der Waals surface area (Å²) in [4.78, 5) is 16.8. The number of anilines is 1. The molecule has 1 amide bonds. The molecule has 3 aromatic rings. The summed E-state index contributed by atoms with van der Waals surface area (Å²) in [5.74, 6) is 0.295. The van der Waals surface area contributed by atoms with Crippen LogP contribution in [-0.2, 0) is 10.2 Å². The van der Waals surface area contributed by atoms with Crippen LogP contribution < -0.4 is 10.1 Å². The van der Waals surface area contributed by atoms with Gasteiger partial charge >= 0.3 is 0 Å². The number of carbonyl (C=O) groups is 1. The second kappa shape index (κ2) is 6.25. The van der Waals surface area contributed by atoms with Gasteiger partial charge in [-0.1, -0.05) is 18.2 Å². The molecule has 0 spiro atoms. The normalized spacial score (nSPS) is 14.7. The topological polar surface area (TPSA) is 69.0 Å². The monoisotopic (exact) mass is 352 g/mol. The van der Waals surface area contributed by atoms with Gasteiger partial charge in [-0.25, -0.2) is 14.1 Å². The third-order valence-corrected chi connectivity index (χ3v) is 4.60. The van der Waals surface area contributed by atoms with Crippen LogP contribution in [0.1, 0.15) is 18.4 Å². The number of halogens is 1. The van der Waals surface area contributed by atoms with E-state index < -0.39 is 5.41 Å². The number of hydrogen-bond acceptors (Lipinski definition) is 4. The first-order chi connectivity index (χ1) is 12.6. The maximum Gasteiger partial charge on any atom is 0.236 e. The molecule has 0 unspecified atom stereocenters. The van der Waals surface area contributed by atoms with Gasteiger partial charge in [0.25, 0.3) is 0 Å². The van der Waals surface area contributed by atoms with Crippen molar-refractivity contribution in [2.24, 2.45) is 0 Å². The number of amides is 1. The lowest BCUT2D eigenvalue weighted by atomic mass is 9.94. The zero-order valence-corrected chi connectivity index (χ0v) is 14.1. The smallest absolute Gasteiger partial charge is 0.236 e. The number of benzene rings is 1. The second-order valence-corrected chi connectivity index (χ2v) is 6.22. The summed E-state index contributed by atoms with van der Waals surface area (Å²) in [6.45, 7) is 0. The van der Waals surface area contributed by atoms with Crippen molar-refractivity contribution in [2.75, 3.05) is 12.4 Å². The van der Waals surface area contributed by atoms with Gasteiger partial charge in [-0.3, -0.25) is 4.79 Å². The minimum absolute atomic E-state index is 0.236. The number of aromatic nitrogens is 3. The van der Waals surface area contributed by atoms with Gasteiger partial charge in [0, 0.05) is 30.1 Å². The van der Waals surface area contributed by atoms with Gasteiger partial charge in [-0.05, 0) is 25.0 Å². The zero-order valence-electron chi connectivity index (χ0n) is 14.1. The number of nitrogens with one attached hydrogen (secondary N) is 1. The molecule has 1 saturated carbocycles. The molecule has 1 N–H and O–H groups in total. The Kier molecular flexibility index (Phi) is 3.91. The number of hydrogen-bond donors (Lipinski definition) is 1. The third kappa shape index (κ3) is 2.81. The van der Waals surface area contributed by atoms with Gasteiger partial charge in [0.15, 0.2) is 5.82 Å². The molecule has 2 aromatic heterocycles. The van der Waals surface area contributed by atoms with Crippen molar-refractivity contribution < 1.29 is 13.9 Å². The summed E-state index contributed by atoms with van der Waals surface area (Å²) in [7, 11) is 1.54. The average molecular weight is 352 g/mol. The molecule has 26 heavy (non-hydrogen) atoms. The van der Waals surface area contributed by atoms with Crippen LogP contribution in [0.5, 0.6) is 5.88 Å². The van der Waals surface area contributed by atoms with Crippen molar-refractivity contribution in [2.45, 2.75) is 18.3 Å². The van der Waals surface area contributed by atoms with Gasteiger partial charge in [0.2, 0.25) is 11.8 Å². The van der Waals surface area contributed by atoms with E-state index >= 15 is 0 Å². The number of methoxy groups -OCH3 is 1. The van der Waals surface area contributed by atoms with Crippen LogP contribution in [0.15, 0.2) is 54.9 Å². The number of rotatable bonds is 5. The molecule has 4 rings (SSSR count). The summed E-state index contributed by atoms with van der Waals surface area (Å²) in [6, 6.07) is 11.6. The Balaban J connectivity index is 1.54. The van der Waals surface area contributed by atoms with Crippen molar-refractivity contribution in [3.63, 3.8) is 0 Å². The van der Waals surface area contributed by atoms with E-state index in [1.807, 2.05) is 0 Å². The van der Waals surface area contributed by atoms with Crippen LogP contribution >= 0.6 is 0 Å². The highest BCUT2D eigenvalue weighted by Gasteiger charge is 2.52. The number of carbonyl (C=O) groups excluding carboxylic acids is 1. The molecular weight excluding hydrogens is 335 g/mol. The zero-order chi connectivity index (χ0) is 18.1. The first kappa shape index (κ1) is 16.3. The summed E-state index contributed by atoms with van der Waals surface area (Å²) in [5, 5.41) is 7.17. The highest BCUT2D eigenvalue weighted by molar-refractivity contribution is 6.00. The van der Waals surface area contributed by atoms with Crippen LogP contribution in [0.2, 0.25) is 0 Å². The fourth-order valence-corrected chi connectivity index (χ4v) is 3.02. The predicted molar refractivity (Wildman–Crippen MR) is 93.9 cm³/mol. The molecule has 0 atom stereocenters. The van der Waals surface area contributed by atoms with E-state index in [-0.39, 0.29) is 11.7 Å². The lowest BCUT2D eigenvalue weighted by molar-refractivity contribution is -0.118. The van der Waals surface area contributed by atoms with E-state index in [0.29, 0.717) is 30.1 Å². The average Bonchev–Trinajstić information content (AvgIpc) is 3.35. The summed E-state index contributed by atoms with van der Waals surface area (Å²) in [5.41, 5.74) is 0.401. The van der Waals surface area contributed by atoms with Gasteiger partial charge in [-0.15, -0.1) is 0 Å². The quantitative estimate of drug-likeness (QED) is 0.766. The number of ether oxygens (including phenoxy) is 1. The van der Waals surface area contributed by atoms with Gasteiger partial charge in [0.1, 0.15) is 5.82 Å². The van der Waals surface area contributed by atoms with E-state index in [2.05, 4.69) is 15.4 Å². The molecule has 1 aromatic carbocycles. The van der Waals surface area contributed by atoms with Crippen molar-refractivity contribution in [1.82, 2.24) is 14.8 Å². The molecule has 6 nitrogen and oxygen atoms in total. The van der Waals surface area contributed by atoms with Gasteiger partial charge in [0.05, 0.1) is 18.2 Å². The molecule has 0 saturated heterocycles. The maximum atomic E-state index is 14.1. The highest BCUT2D eigenvalue weighted by atomic mass is 19.1. The Bertz CT molecular complexity index is 965. The molecule has 132 valence electrons. The van der Waals surface area contributed by atoms with Crippen LogP contribution in [0.25, 0.3) is 5.69 Å². The molecule has 1 fully saturated rings. The van der Waals surface area contributed by atoms with Crippen molar-refractivity contribution in [1.29, 1.82) is 0 Å². The minimum Gasteiger partial charge on any atom is -0.481 e. The summed E-state index contributed by atoms with van der Waals surface area (Å²) in [6.07, 6.45) is 4.60. The van der Waals surface area contributed by atoms with Crippen molar-refractivity contribution >= 4 is 11.7 Å². The van der Waals surface area contributed by atoms with Crippen LogP contribution in [-0.4, -0.2) is 27.8 Å². The molecule has 1 aliphatic rings. The molecule has 1 aliphatic carbocycles. The first-order valence-corrected chi connectivity index (χ1v) is 8.25. The summed E-state index contributed by atoms with van der Waals surface area (Å²) >= 11 is 0. The molecule has 2 heterocycles. The predicted octanol–water partition coefficient (Wildman–Crippen LogP) is 3.09. The number of pyridine rings is 1. The van der Waals surface area contributed by atoms with E-state index in [0.717, 1.165) is 5.69 Å². The fraction of sp³-hybridized carbons (Fsp3) is 0.211. The Morgan fingerprint density at radius 3 is 2.81 bits per heavy atom. The largest absolute Gasteiger partial charge is 0.481 e. The third-order valence-electron chi connectivity index (χ3n) is 4.60. The van der Waals surface area contributed by atoms with Crippen molar-refractivity contribution in [3.8, 4) is 11.6 Å². The van der Waals surface area contributed by atoms with E-state index in [9.17, 15) is 9.18 Å². The Labute approximate surface area is 149 Å². The maximum absolute atomic E-state index is 14.1. The van der Waals surface area contributed by atoms with Crippen LogP contribution in [0.4, 0.5) is 10.2 Å². The standard InChI is InChI=1S/C19H17FN4O2/c1-26-17-12-13(6-10-21-17)24-11-7-16(23-24)22-18(25)19(8-9-19)14-4-2-3-5-15(14)20/h2-7,10-12H,8-9H2,1H3,(H,22,23,25). The molecular formula is C19H17FN4O2. The van der Waals surface area contributed by atoms with Crippen LogP contribution in [0.3, 0.4) is 0 Å². The molecule has 0 bridgehead atoms. The lowest BCUT2D eigenvalue weighted by Gasteiger charge is -2.15. The summed E-state index contributed by atoms with van der Waals surface area (Å²) < 4.78 is 20.8. The van der Waals surface area contributed by atoms with E-state index in [1.54, 1.807) is 60.6 Å². The lowest BCUT2D eigenvalue weighted by Crippen LogP contribution is -2.29. The van der Waals surface area contributed by atoms with Gasteiger partial charge in [-0.2, -0.15) is 5.10 Å². The molecule has 7 heteroatoms. The Morgan fingerprint density at radius 2 is 2.08 bits per heavy atom. The second-order valence-electron chi connectivity index (χ2n) is 6.22. The molecule has 0 aliphatic heterocycles. The number of nitrogens with zero attached hydrogens (tertiary/aromatic N) is 3. The van der Waals surface area contributed by atoms with Gasteiger partial charge < -0.3 is 10.1 Å². The Hall–Kier alpha value is -3.22. The van der Waals surface area contributed by atoms with E-state index in [4.69, 9.17) is 4.74 Å².